The number of benzene rings is 1. The van der Waals surface area contributed by atoms with Crippen LogP contribution in [0.2, 0.25) is 0 Å². The molecule has 3 aromatic heterocycles. The molecule has 152 valence electrons. The lowest BCUT2D eigenvalue weighted by atomic mass is 10.2. The van der Waals surface area contributed by atoms with Gasteiger partial charge in [0.25, 0.3) is 0 Å². The number of hydrogen-bond donors (Lipinski definition) is 2. The summed E-state index contributed by atoms with van der Waals surface area (Å²) in [6.45, 7) is 5.33. The third kappa shape index (κ3) is 3.42. The molecule has 8 nitrogen and oxygen atoms in total. The van der Waals surface area contributed by atoms with Gasteiger partial charge < -0.3 is 19.9 Å². The highest BCUT2D eigenvalue weighted by atomic mass is 16.5. The van der Waals surface area contributed by atoms with E-state index in [0.29, 0.717) is 11.5 Å². The van der Waals surface area contributed by atoms with Gasteiger partial charge in [0.2, 0.25) is 5.56 Å². The third-order valence-electron chi connectivity index (χ3n) is 5.28. The number of nitrogens with one attached hydrogen (secondary N) is 2. The van der Waals surface area contributed by atoms with Crippen LogP contribution in [0.4, 0.5) is 17.2 Å². The fourth-order valence-corrected chi connectivity index (χ4v) is 3.76. The molecule has 0 radical (unpaired) electrons. The minimum absolute atomic E-state index is 0.152. The maximum atomic E-state index is 11.7. The molecule has 0 aliphatic carbocycles. The number of nitrogens with zero attached hydrogens (tertiary/aromatic N) is 4. The van der Waals surface area contributed by atoms with Crippen molar-refractivity contribution in [2.75, 3.05) is 36.5 Å². The van der Waals surface area contributed by atoms with Crippen molar-refractivity contribution in [2.24, 2.45) is 0 Å². The molecule has 8 heteroatoms. The van der Waals surface area contributed by atoms with Gasteiger partial charge in [-0.2, -0.15) is 0 Å². The van der Waals surface area contributed by atoms with Crippen LogP contribution in [0.25, 0.3) is 16.9 Å². The monoisotopic (exact) mass is 402 g/mol. The number of rotatable bonds is 4. The summed E-state index contributed by atoms with van der Waals surface area (Å²) in [4.78, 5) is 25.9. The average molecular weight is 402 g/mol. The molecule has 4 aromatic rings. The Morgan fingerprint density at radius 3 is 2.63 bits per heavy atom. The summed E-state index contributed by atoms with van der Waals surface area (Å²) >= 11 is 0. The zero-order valence-corrected chi connectivity index (χ0v) is 16.6. The zero-order valence-electron chi connectivity index (χ0n) is 16.6. The van der Waals surface area contributed by atoms with Crippen molar-refractivity contribution in [1.82, 2.24) is 19.4 Å². The Labute approximate surface area is 173 Å². The Morgan fingerprint density at radius 1 is 1.07 bits per heavy atom. The number of aromatic amines is 1. The van der Waals surface area contributed by atoms with Gasteiger partial charge in [0, 0.05) is 54.2 Å². The first kappa shape index (κ1) is 18.4. The van der Waals surface area contributed by atoms with Gasteiger partial charge in [-0.15, -0.1) is 0 Å². The van der Waals surface area contributed by atoms with Crippen molar-refractivity contribution in [2.45, 2.75) is 6.92 Å². The average Bonchev–Trinajstić information content (AvgIpc) is 3.17. The molecule has 1 aromatic carbocycles. The van der Waals surface area contributed by atoms with Crippen LogP contribution in [0.3, 0.4) is 0 Å². The van der Waals surface area contributed by atoms with Gasteiger partial charge in [-0.25, -0.2) is 9.97 Å². The van der Waals surface area contributed by atoms with Crippen molar-refractivity contribution >= 4 is 22.8 Å². The summed E-state index contributed by atoms with van der Waals surface area (Å²) < 4.78 is 7.43. The predicted octanol–water partition coefficient (Wildman–Crippen LogP) is 2.97. The van der Waals surface area contributed by atoms with E-state index in [-0.39, 0.29) is 5.56 Å². The fraction of sp³-hybridized carbons (Fsp3) is 0.227. The molecule has 0 atom stereocenters. The van der Waals surface area contributed by atoms with Gasteiger partial charge in [0.05, 0.1) is 25.1 Å². The van der Waals surface area contributed by atoms with E-state index in [1.54, 1.807) is 24.7 Å². The van der Waals surface area contributed by atoms with Crippen LogP contribution < -0.4 is 15.8 Å². The zero-order chi connectivity index (χ0) is 20.5. The second-order valence-corrected chi connectivity index (χ2v) is 7.26. The summed E-state index contributed by atoms with van der Waals surface area (Å²) in [5, 5.41) is 3.37. The van der Waals surface area contributed by atoms with Crippen molar-refractivity contribution in [3.05, 3.63) is 71.0 Å². The minimum atomic E-state index is -0.152. The molecule has 0 spiro atoms. The Hall–Kier alpha value is -3.65. The standard InChI is InChI=1S/C22H22N6O2/c1-15-13-25-22-21(24-14-19(28(15)22)16-6-7-23-20(29)12-16)26-17-2-4-18(5-3-17)27-8-10-30-11-9-27/h2-7,12-14H,8-11H2,1H3,(H,23,29)(H,24,26). The third-order valence-corrected chi connectivity index (χ3v) is 5.28. The van der Waals surface area contributed by atoms with Gasteiger partial charge in [0.1, 0.15) is 0 Å². The van der Waals surface area contributed by atoms with Gasteiger partial charge in [-0.3, -0.25) is 9.20 Å². The quantitative estimate of drug-likeness (QED) is 0.546. The molecule has 5 rings (SSSR count). The van der Waals surface area contributed by atoms with Crippen LogP contribution in [0.5, 0.6) is 0 Å². The van der Waals surface area contributed by atoms with Crippen LogP contribution in [-0.4, -0.2) is 45.7 Å². The smallest absolute Gasteiger partial charge is 0.248 e. The van der Waals surface area contributed by atoms with Crippen LogP contribution in [0.1, 0.15) is 5.69 Å². The van der Waals surface area contributed by atoms with Gasteiger partial charge in [0.15, 0.2) is 11.5 Å². The number of imidazole rings is 1. The topological polar surface area (TPSA) is 87.5 Å². The molecule has 0 bridgehead atoms. The summed E-state index contributed by atoms with van der Waals surface area (Å²) in [7, 11) is 0. The SMILES string of the molecule is Cc1cnc2c(Nc3ccc(N4CCOCC4)cc3)ncc(-c3cc[nH]c(=O)c3)n12. The number of pyridine rings is 1. The molecule has 1 saturated heterocycles. The number of anilines is 3. The normalized spacial score (nSPS) is 14.2. The van der Waals surface area contributed by atoms with Crippen molar-refractivity contribution in [1.29, 1.82) is 0 Å². The Balaban J connectivity index is 1.47. The van der Waals surface area contributed by atoms with Crippen LogP contribution >= 0.6 is 0 Å². The molecule has 1 aliphatic heterocycles. The molecule has 1 aliphatic rings. The molecule has 0 saturated carbocycles. The molecule has 2 N–H and O–H groups in total. The van der Waals surface area contributed by atoms with E-state index in [9.17, 15) is 4.79 Å². The number of aromatic nitrogens is 4. The van der Waals surface area contributed by atoms with E-state index in [4.69, 9.17) is 4.74 Å². The lowest BCUT2D eigenvalue weighted by Gasteiger charge is -2.28. The second-order valence-electron chi connectivity index (χ2n) is 7.26. The predicted molar refractivity (Wildman–Crippen MR) is 117 cm³/mol. The highest BCUT2D eigenvalue weighted by molar-refractivity contribution is 5.75. The van der Waals surface area contributed by atoms with Crippen molar-refractivity contribution < 1.29 is 4.74 Å². The van der Waals surface area contributed by atoms with Gasteiger partial charge in [-0.05, 0) is 37.3 Å². The highest BCUT2D eigenvalue weighted by Gasteiger charge is 2.14. The number of hydrogen-bond acceptors (Lipinski definition) is 6. The number of H-pyrrole nitrogens is 1. The van der Waals surface area contributed by atoms with Crippen LogP contribution in [0, 0.1) is 6.92 Å². The van der Waals surface area contributed by atoms with E-state index >= 15 is 0 Å². The maximum Gasteiger partial charge on any atom is 0.248 e. The van der Waals surface area contributed by atoms with Crippen LogP contribution in [0.15, 0.2) is 59.8 Å². The summed E-state index contributed by atoms with van der Waals surface area (Å²) in [6.07, 6.45) is 5.21. The molecule has 30 heavy (non-hydrogen) atoms. The molecule has 1 fully saturated rings. The molecule has 4 heterocycles. The summed E-state index contributed by atoms with van der Waals surface area (Å²) in [5.74, 6) is 0.663. The van der Waals surface area contributed by atoms with E-state index in [1.807, 2.05) is 29.5 Å². The first-order chi connectivity index (χ1) is 14.7. The number of morpholine rings is 1. The van der Waals surface area contributed by atoms with Crippen molar-refractivity contribution in [3.63, 3.8) is 0 Å². The Bertz CT molecular complexity index is 1240. The maximum absolute atomic E-state index is 11.7. The molecular formula is C22H22N6O2. The van der Waals surface area contributed by atoms with E-state index in [1.165, 1.54) is 5.69 Å². The number of fused-ring (bicyclic) bond motifs is 1. The highest BCUT2D eigenvalue weighted by Crippen LogP contribution is 2.27. The first-order valence-corrected chi connectivity index (χ1v) is 9.91. The first-order valence-electron chi connectivity index (χ1n) is 9.91. The Kier molecular flexibility index (Phi) is 4.68. The van der Waals surface area contributed by atoms with Crippen molar-refractivity contribution in [3.8, 4) is 11.3 Å². The fourth-order valence-electron chi connectivity index (χ4n) is 3.76. The summed E-state index contributed by atoms with van der Waals surface area (Å²) in [6, 6.07) is 11.7. The van der Waals surface area contributed by atoms with E-state index in [2.05, 4.69) is 37.3 Å². The second kappa shape index (κ2) is 7.64. The van der Waals surface area contributed by atoms with Gasteiger partial charge in [-0.1, -0.05) is 0 Å². The minimum Gasteiger partial charge on any atom is -0.378 e. The summed E-state index contributed by atoms with van der Waals surface area (Å²) in [5.41, 5.74) is 5.25. The lowest BCUT2D eigenvalue weighted by molar-refractivity contribution is 0.122. The Morgan fingerprint density at radius 2 is 1.87 bits per heavy atom. The largest absolute Gasteiger partial charge is 0.378 e. The molecule has 0 unspecified atom stereocenters. The van der Waals surface area contributed by atoms with Crippen LogP contribution in [-0.2, 0) is 4.74 Å². The lowest BCUT2D eigenvalue weighted by Crippen LogP contribution is -2.36. The van der Waals surface area contributed by atoms with E-state index < -0.39 is 0 Å². The van der Waals surface area contributed by atoms with Gasteiger partial charge >= 0.3 is 0 Å². The number of aryl methyl sites for hydroxylation is 1. The van der Waals surface area contributed by atoms with E-state index in [0.717, 1.165) is 48.9 Å². The number of ether oxygens (including phenoxy) is 1. The molecular weight excluding hydrogens is 380 g/mol. The molecule has 0 amide bonds.